The van der Waals surface area contributed by atoms with E-state index in [0.717, 1.165) is 18.6 Å². The summed E-state index contributed by atoms with van der Waals surface area (Å²) in [5.41, 5.74) is 1.32. The number of anilines is 1. The maximum atomic E-state index is 12.4. The SMILES string of the molecule is CC(=O)c1ccc(NC(=O)N2CCC(Oc3ccncc3)CC2)cc1. The van der Waals surface area contributed by atoms with Gasteiger partial charge in [-0.3, -0.25) is 9.78 Å². The van der Waals surface area contributed by atoms with Crippen molar-refractivity contribution in [1.29, 1.82) is 0 Å². The lowest BCUT2D eigenvalue weighted by atomic mass is 10.1. The van der Waals surface area contributed by atoms with Gasteiger partial charge in [0, 0.05) is 49.6 Å². The Labute approximate surface area is 146 Å². The van der Waals surface area contributed by atoms with Crippen molar-refractivity contribution in [3.63, 3.8) is 0 Å². The standard InChI is InChI=1S/C19H21N3O3/c1-14(23)15-2-4-16(5-3-15)21-19(24)22-12-8-18(9-13-22)25-17-6-10-20-11-7-17/h2-7,10-11,18H,8-9,12-13H2,1H3,(H,21,24). The van der Waals surface area contributed by atoms with Gasteiger partial charge in [0.05, 0.1) is 0 Å². The van der Waals surface area contributed by atoms with Crippen LogP contribution in [0.4, 0.5) is 10.5 Å². The summed E-state index contributed by atoms with van der Waals surface area (Å²) in [4.78, 5) is 29.4. The molecular weight excluding hydrogens is 318 g/mol. The third-order valence-corrected chi connectivity index (χ3v) is 4.22. The number of rotatable bonds is 4. The summed E-state index contributed by atoms with van der Waals surface area (Å²) >= 11 is 0. The average Bonchev–Trinajstić information content (AvgIpc) is 2.63. The molecule has 130 valence electrons. The second-order valence-corrected chi connectivity index (χ2v) is 6.05. The summed E-state index contributed by atoms with van der Waals surface area (Å²) in [7, 11) is 0. The van der Waals surface area contributed by atoms with Gasteiger partial charge in [-0.1, -0.05) is 0 Å². The Morgan fingerprint density at radius 2 is 1.72 bits per heavy atom. The predicted octanol–water partition coefficient (Wildman–Crippen LogP) is 3.36. The molecule has 1 N–H and O–H groups in total. The number of benzene rings is 1. The van der Waals surface area contributed by atoms with E-state index in [4.69, 9.17) is 4.74 Å². The molecule has 1 aliphatic rings. The molecule has 1 aliphatic heterocycles. The van der Waals surface area contributed by atoms with Crippen LogP contribution in [-0.4, -0.2) is 40.9 Å². The molecule has 6 heteroatoms. The quantitative estimate of drug-likeness (QED) is 0.867. The first kappa shape index (κ1) is 17.0. The Bertz CT molecular complexity index is 723. The van der Waals surface area contributed by atoms with Gasteiger partial charge in [-0.15, -0.1) is 0 Å². The molecule has 1 fully saturated rings. The van der Waals surface area contributed by atoms with E-state index in [1.807, 2.05) is 12.1 Å². The van der Waals surface area contributed by atoms with Gasteiger partial charge in [0.15, 0.2) is 5.78 Å². The lowest BCUT2D eigenvalue weighted by Gasteiger charge is -2.32. The molecule has 2 heterocycles. The number of hydrogen-bond donors (Lipinski definition) is 1. The van der Waals surface area contributed by atoms with E-state index in [2.05, 4.69) is 10.3 Å². The van der Waals surface area contributed by atoms with E-state index >= 15 is 0 Å². The smallest absolute Gasteiger partial charge is 0.321 e. The Morgan fingerprint density at radius 1 is 1.08 bits per heavy atom. The molecule has 25 heavy (non-hydrogen) atoms. The van der Waals surface area contributed by atoms with Gasteiger partial charge in [-0.05, 0) is 43.3 Å². The van der Waals surface area contributed by atoms with Crippen LogP contribution >= 0.6 is 0 Å². The van der Waals surface area contributed by atoms with Gasteiger partial charge in [0.25, 0.3) is 0 Å². The van der Waals surface area contributed by atoms with Crippen LogP contribution < -0.4 is 10.1 Å². The lowest BCUT2D eigenvalue weighted by molar-refractivity contribution is 0.101. The van der Waals surface area contributed by atoms with Gasteiger partial charge in [-0.2, -0.15) is 0 Å². The molecule has 1 saturated heterocycles. The maximum absolute atomic E-state index is 12.4. The highest BCUT2D eigenvalue weighted by Crippen LogP contribution is 2.19. The molecule has 0 spiro atoms. The first-order chi connectivity index (χ1) is 12.1. The third kappa shape index (κ3) is 4.56. The van der Waals surface area contributed by atoms with Crippen molar-refractivity contribution in [1.82, 2.24) is 9.88 Å². The van der Waals surface area contributed by atoms with Crippen molar-refractivity contribution in [3.05, 3.63) is 54.4 Å². The Hall–Kier alpha value is -2.89. The van der Waals surface area contributed by atoms with Crippen molar-refractivity contribution >= 4 is 17.5 Å². The average molecular weight is 339 g/mol. The van der Waals surface area contributed by atoms with E-state index in [9.17, 15) is 9.59 Å². The molecular formula is C19H21N3O3. The molecule has 1 aromatic carbocycles. The number of aromatic nitrogens is 1. The first-order valence-corrected chi connectivity index (χ1v) is 8.35. The summed E-state index contributed by atoms with van der Waals surface area (Å²) in [6.45, 7) is 2.81. The highest BCUT2D eigenvalue weighted by Gasteiger charge is 2.24. The number of Topliss-reactive ketones (excluding diaryl/α,β-unsaturated/α-hetero) is 1. The normalized spacial score (nSPS) is 14.8. The van der Waals surface area contributed by atoms with Crippen molar-refractivity contribution < 1.29 is 14.3 Å². The Kier molecular flexibility index (Phi) is 5.28. The molecule has 1 aromatic heterocycles. The largest absolute Gasteiger partial charge is 0.490 e. The lowest BCUT2D eigenvalue weighted by Crippen LogP contribution is -2.43. The molecule has 0 radical (unpaired) electrons. The van der Waals surface area contributed by atoms with Gasteiger partial charge >= 0.3 is 6.03 Å². The zero-order valence-electron chi connectivity index (χ0n) is 14.1. The molecule has 0 bridgehead atoms. The number of likely N-dealkylation sites (tertiary alicyclic amines) is 1. The highest BCUT2D eigenvalue weighted by atomic mass is 16.5. The number of nitrogens with zero attached hydrogens (tertiary/aromatic N) is 2. The van der Waals surface area contributed by atoms with Crippen molar-refractivity contribution in [3.8, 4) is 5.75 Å². The minimum Gasteiger partial charge on any atom is -0.490 e. The van der Waals surface area contributed by atoms with Crippen LogP contribution in [-0.2, 0) is 0 Å². The number of hydrogen-bond acceptors (Lipinski definition) is 4. The van der Waals surface area contributed by atoms with Gasteiger partial charge in [0.1, 0.15) is 11.9 Å². The van der Waals surface area contributed by atoms with Gasteiger partial charge in [0.2, 0.25) is 0 Å². The van der Waals surface area contributed by atoms with E-state index in [-0.39, 0.29) is 17.9 Å². The van der Waals surface area contributed by atoms with E-state index in [0.29, 0.717) is 24.3 Å². The number of amides is 2. The van der Waals surface area contributed by atoms with E-state index in [1.165, 1.54) is 6.92 Å². The Morgan fingerprint density at radius 3 is 2.32 bits per heavy atom. The monoisotopic (exact) mass is 339 g/mol. The van der Waals surface area contributed by atoms with Crippen LogP contribution in [0.2, 0.25) is 0 Å². The van der Waals surface area contributed by atoms with Crippen molar-refractivity contribution in [2.24, 2.45) is 0 Å². The topological polar surface area (TPSA) is 71.5 Å². The third-order valence-electron chi connectivity index (χ3n) is 4.22. The summed E-state index contributed by atoms with van der Waals surface area (Å²) in [5, 5.41) is 2.87. The zero-order valence-corrected chi connectivity index (χ0v) is 14.1. The molecule has 2 aromatic rings. The molecule has 6 nitrogen and oxygen atoms in total. The predicted molar refractivity (Wildman–Crippen MR) is 94.9 cm³/mol. The van der Waals surface area contributed by atoms with E-state index < -0.39 is 0 Å². The maximum Gasteiger partial charge on any atom is 0.321 e. The van der Waals surface area contributed by atoms with Crippen molar-refractivity contribution in [2.45, 2.75) is 25.9 Å². The summed E-state index contributed by atoms with van der Waals surface area (Å²) in [6.07, 6.45) is 5.10. The van der Waals surface area contributed by atoms with Gasteiger partial charge in [-0.25, -0.2) is 4.79 Å². The molecule has 0 atom stereocenters. The van der Waals surface area contributed by atoms with Crippen LogP contribution in [0.15, 0.2) is 48.8 Å². The molecule has 0 aliphatic carbocycles. The number of urea groups is 1. The fourth-order valence-corrected chi connectivity index (χ4v) is 2.78. The number of ketones is 1. The van der Waals surface area contributed by atoms with Crippen LogP contribution in [0.1, 0.15) is 30.1 Å². The highest BCUT2D eigenvalue weighted by molar-refractivity contribution is 5.95. The summed E-state index contributed by atoms with van der Waals surface area (Å²) in [5.74, 6) is 0.817. The Balaban J connectivity index is 1.49. The van der Waals surface area contributed by atoms with Gasteiger partial charge < -0.3 is 15.0 Å². The fourth-order valence-electron chi connectivity index (χ4n) is 2.78. The number of carbonyl (C=O) groups is 2. The summed E-state index contributed by atoms with van der Waals surface area (Å²) in [6, 6.07) is 10.5. The minimum atomic E-state index is -0.127. The van der Waals surface area contributed by atoms with Crippen molar-refractivity contribution in [2.75, 3.05) is 18.4 Å². The molecule has 0 saturated carbocycles. The summed E-state index contributed by atoms with van der Waals surface area (Å²) < 4.78 is 5.91. The minimum absolute atomic E-state index is 0.00847. The number of carbonyl (C=O) groups excluding carboxylic acids is 2. The number of piperidine rings is 1. The second kappa shape index (κ2) is 7.79. The van der Waals surface area contributed by atoms with Crippen LogP contribution in [0.25, 0.3) is 0 Å². The van der Waals surface area contributed by atoms with Crippen LogP contribution in [0.5, 0.6) is 5.75 Å². The molecule has 2 amide bonds. The van der Waals surface area contributed by atoms with Crippen LogP contribution in [0, 0.1) is 0 Å². The number of ether oxygens (including phenoxy) is 1. The van der Waals surface area contributed by atoms with E-state index in [1.54, 1.807) is 41.6 Å². The van der Waals surface area contributed by atoms with Crippen LogP contribution in [0.3, 0.4) is 0 Å². The zero-order chi connectivity index (χ0) is 17.6. The molecule has 3 rings (SSSR count). The molecule has 0 unspecified atom stereocenters. The second-order valence-electron chi connectivity index (χ2n) is 6.05. The fraction of sp³-hybridized carbons (Fsp3) is 0.316. The number of pyridine rings is 1. The first-order valence-electron chi connectivity index (χ1n) is 8.35. The number of nitrogens with one attached hydrogen (secondary N) is 1.